The molecular formula is C24H19N3O5. The number of carbonyl (C=O) groups is 4. The van der Waals surface area contributed by atoms with Crippen molar-refractivity contribution in [3.05, 3.63) is 88.9 Å². The van der Waals surface area contributed by atoms with Gasteiger partial charge in [0.25, 0.3) is 23.6 Å². The topological polar surface area (TPSA) is 109 Å². The minimum Gasteiger partial charge on any atom is -0.467 e. The van der Waals surface area contributed by atoms with Crippen molar-refractivity contribution >= 4 is 29.3 Å². The molecule has 8 nitrogen and oxygen atoms in total. The van der Waals surface area contributed by atoms with E-state index in [1.165, 1.54) is 24.5 Å². The number of benzene rings is 2. The van der Waals surface area contributed by atoms with Crippen molar-refractivity contribution in [3.63, 3.8) is 0 Å². The molecular weight excluding hydrogens is 410 g/mol. The highest BCUT2D eigenvalue weighted by molar-refractivity contribution is 6.22. The number of para-hydroxylation sites is 1. The minimum atomic E-state index is -0.486. The van der Waals surface area contributed by atoms with E-state index in [1.807, 2.05) is 0 Å². The molecule has 8 heteroatoms. The fourth-order valence-corrected chi connectivity index (χ4v) is 3.61. The Hall–Kier alpha value is -4.20. The quantitative estimate of drug-likeness (QED) is 0.585. The summed E-state index contributed by atoms with van der Waals surface area (Å²) >= 11 is 0. The lowest BCUT2D eigenvalue weighted by Gasteiger charge is -2.11. The fraction of sp³-hybridized carbons (Fsp3) is 0.167. The number of rotatable bonds is 6. The first-order valence-electron chi connectivity index (χ1n) is 10.2. The number of hydrogen-bond acceptors (Lipinski definition) is 5. The van der Waals surface area contributed by atoms with Crippen LogP contribution in [-0.2, 0) is 6.54 Å². The highest BCUT2D eigenvalue weighted by Gasteiger charge is 2.36. The van der Waals surface area contributed by atoms with E-state index in [9.17, 15) is 19.2 Å². The SMILES string of the molecule is O=C(Nc1ccccc1C(=O)NC1CC1)c1ccc2c(c1)C(=O)N(Cc1ccco1)C2=O. The Morgan fingerprint density at radius 3 is 2.47 bits per heavy atom. The molecule has 3 aromatic rings. The Balaban J connectivity index is 1.36. The predicted octanol–water partition coefficient (Wildman–Crippen LogP) is 3.22. The van der Waals surface area contributed by atoms with Crippen LogP contribution in [-0.4, -0.2) is 34.6 Å². The number of imide groups is 1. The van der Waals surface area contributed by atoms with Crippen molar-refractivity contribution in [1.82, 2.24) is 10.2 Å². The summed E-state index contributed by atoms with van der Waals surface area (Å²) in [6.07, 6.45) is 3.39. The normalized spacial score (nSPS) is 14.9. The molecule has 1 aliphatic heterocycles. The van der Waals surface area contributed by atoms with Gasteiger partial charge < -0.3 is 15.1 Å². The summed E-state index contributed by atoms with van der Waals surface area (Å²) in [5, 5.41) is 5.65. The van der Waals surface area contributed by atoms with Crippen LogP contribution in [0.4, 0.5) is 5.69 Å². The molecule has 0 bridgehead atoms. The summed E-state index contributed by atoms with van der Waals surface area (Å²) in [6.45, 7) is 0.0182. The molecule has 1 aromatic heterocycles. The predicted molar refractivity (Wildman–Crippen MR) is 114 cm³/mol. The van der Waals surface area contributed by atoms with Gasteiger partial charge in [-0.1, -0.05) is 12.1 Å². The van der Waals surface area contributed by atoms with Crippen LogP contribution in [0.15, 0.2) is 65.3 Å². The maximum atomic E-state index is 12.9. The van der Waals surface area contributed by atoms with Gasteiger partial charge in [-0.2, -0.15) is 0 Å². The molecule has 160 valence electrons. The van der Waals surface area contributed by atoms with Crippen molar-refractivity contribution < 1.29 is 23.6 Å². The third-order valence-electron chi connectivity index (χ3n) is 5.46. The molecule has 4 amide bonds. The molecule has 5 rings (SSSR count). The van der Waals surface area contributed by atoms with Crippen molar-refractivity contribution in [2.75, 3.05) is 5.32 Å². The van der Waals surface area contributed by atoms with Crippen LogP contribution >= 0.6 is 0 Å². The summed E-state index contributed by atoms with van der Waals surface area (Å²) in [4.78, 5) is 51.9. The molecule has 0 saturated heterocycles. The molecule has 2 heterocycles. The van der Waals surface area contributed by atoms with Gasteiger partial charge in [0.05, 0.1) is 35.2 Å². The second-order valence-corrected chi connectivity index (χ2v) is 7.78. The van der Waals surface area contributed by atoms with E-state index in [4.69, 9.17) is 4.42 Å². The summed E-state index contributed by atoms with van der Waals surface area (Å²) < 4.78 is 5.23. The number of fused-ring (bicyclic) bond motifs is 1. The Kier molecular flexibility index (Phi) is 4.82. The van der Waals surface area contributed by atoms with Crippen LogP contribution in [0.3, 0.4) is 0 Å². The number of amides is 4. The van der Waals surface area contributed by atoms with E-state index in [-0.39, 0.29) is 35.2 Å². The van der Waals surface area contributed by atoms with Gasteiger partial charge >= 0.3 is 0 Å². The van der Waals surface area contributed by atoms with Gasteiger partial charge in [-0.3, -0.25) is 24.1 Å². The van der Waals surface area contributed by atoms with Gasteiger partial charge in [0, 0.05) is 11.6 Å². The van der Waals surface area contributed by atoms with E-state index in [2.05, 4.69) is 10.6 Å². The average Bonchev–Trinajstić information content (AvgIpc) is 3.40. The first-order chi connectivity index (χ1) is 15.5. The van der Waals surface area contributed by atoms with Gasteiger partial charge in [0.2, 0.25) is 0 Å². The van der Waals surface area contributed by atoms with Gasteiger partial charge in [-0.15, -0.1) is 0 Å². The highest BCUT2D eigenvalue weighted by atomic mass is 16.3. The summed E-state index contributed by atoms with van der Waals surface area (Å²) in [6, 6.07) is 14.7. The second-order valence-electron chi connectivity index (χ2n) is 7.78. The van der Waals surface area contributed by atoms with E-state index < -0.39 is 17.7 Å². The van der Waals surface area contributed by atoms with E-state index in [0.29, 0.717) is 17.0 Å². The average molecular weight is 429 g/mol. The van der Waals surface area contributed by atoms with Crippen LogP contribution in [0.1, 0.15) is 60.0 Å². The van der Waals surface area contributed by atoms with Crippen LogP contribution in [0.2, 0.25) is 0 Å². The molecule has 1 fully saturated rings. The summed E-state index contributed by atoms with van der Waals surface area (Å²) in [7, 11) is 0. The lowest BCUT2D eigenvalue weighted by Crippen LogP contribution is -2.28. The van der Waals surface area contributed by atoms with Gasteiger partial charge in [0.15, 0.2) is 0 Å². The Morgan fingerprint density at radius 1 is 0.938 bits per heavy atom. The smallest absolute Gasteiger partial charge is 0.261 e. The van der Waals surface area contributed by atoms with Crippen molar-refractivity contribution in [2.45, 2.75) is 25.4 Å². The van der Waals surface area contributed by atoms with E-state index >= 15 is 0 Å². The summed E-state index contributed by atoms with van der Waals surface area (Å²) in [5.41, 5.74) is 1.35. The first kappa shape index (κ1) is 19.7. The van der Waals surface area contributed by atoms with Crippen LogP contribution in [0, 0.1) is 0 Å². The standard InChI is InChI=1S/C24H19N3O5/c28-21(26-20-6-2-1-5-18(20)22(29)25-15-8-9-15)14-7-10-17-19(12-14)24(31)27(23(17)30)13-16-4-3-11-32-16/h1-7,10-12,15H,8-9,13H2,(H,25,29)(H,26,28). The Morgan fingerprint density at radius 2 is 1.72 bits per heavy atom. The minimum absolute atomic E-state index is 0.0182. The maximum absolute atomic E-state index is 12.9. The molecule has 1 aliphatic carbocycles. The number of furan rings is 1. The number of hydrogen-bond donors (Lipinski definition) is 2. The van der Waals surface area contributed by atoms with Crippen molar-refractivity contribution in [3.8, 4) is 0 Å². The van der Waals surface area contributed by atoms with Gasteiger partial charge in [-0.05, 0) is 55.3 Å². The molecule has 2 N–H and O–H groups in total. The molecule has 2 aromatic carbocycles. The summed E-state index contributed by atoms with van der Waals surface area (Å²) in [5.74, 6) is -1.16. The zero-order chi connectivity index (χ0) is 22.2. The second kappa shape index (κ2) is 7.81. The Bertz CT molecular complexity index is 1240. The van der Waals surface area contributed by atoms with Gasteiger partial charge in [-0.25, -0.2) is 0 Å². The number of anilines is 1. The monoisotopic (exact) mass is 429 g/mol. The fourth-order valence-electron chi connectivity index (χ4n) is 3.61. The van der Waals surface area contributed by atoms with E-state index in [0.717, 1.165) is 17.7 Å². The molecule has 1 saturated carbocycles. The van der Waals surface area contributed by atoms with Crippen LogP contribution in [0.25, 0.3) is 0 Å². The molecule has 0 atom stereocenters. The third kappa shape index (κ3) is 3.66. The lowest BCUT2D eigenvalue weighted by atomic mass is 10.0. The zero-order valence-electron chi connectivity index (χ0n) is 17.0. The number of carbonyl (C=O) groups excluding carboxylic acids is 4. The number of nitrogens with zero attached hydrogens (tertiary/aromatic N) is 1. The molecule has 0 unspecified atom stereocenters. The lowest BCUT2D eigenvalue weighted by molar-refractivity contribution is 0.0631. The van der Waals surface area contributed by atoms with Crippen LogP contribution in [0.5, 0.6) is 0 Å². The third-order valence-corrected chi connectivity index (χ3v) is 5.46. The van der Waals surface area contributed by atoms with E-state index in [1.54, 1.807) is 36.4 Å². The molecule has 32 heavy (non-hydrogen) atoms. The largest absolute Gasteiger partial charge is 0.467 e. The Labute approximate surface area is 183 Å². The first-order valence-corrected chi connectivity index (χ1v) is 10.2. The molecule has 0 spiro atoms. The molecule has 2 aliphatic rings. The van der Waals surface area contributed by atoms with Crippen molar-refractivity contribution in [1.29, 1.82) is 0 Å². The maximum Gasteiger partial charge on any atom is 0.261 e. The van der Waals surface area contributed by atoms with Crippen molar-refractivity contribution in [2.24, 2.45) is 0 Å². The molecule has 0 radical (unpaired) electrons. The van der Waals surface area contributed by atoms with Gasteiger partial charge in [0.1, 0.15) is 5.76 Å². The van der Waals surface area contributed by atoms with Crippen LogP contribution < -0.4 is 10.6 Å². The zero-order valence-corrected chi connectivity index (χ0v) is 17.0. The highest BCUT2D eigenvalue weighted by Crippen LogP contribution is 2.27. The number of nitrogens with one attached hydrogen (secondary N) is 2.